The number of hydrogen-bond acceptors (Lipinski definition) is 3. The van der Waals surface area contributed by atoms with Crippen LogP contribution >= 0.6 is 22.9 Å². The maximum absolute atomic E-state index is 14.1. The van der Waals surface area contributed by atoms with E-state index in [2.05, 4.69) is 0 Å². The first-order valence-corrected chi connectivity index (χ1v) is 8.80. The van der Waals surface area contributed by atoms with Gasteiger partial charge >= 0.3 is 0 Å². The fourth-order valence-electron chi connectivity index (χ4n) is 1.79. The van der Waals surface area contributed by atoms with Gasteiger partial charge in [0.1, 0.15) is 10.7 Å². The lowest BCUT2D eigenvalue weighted by atomic mass is 10.2. The average Bonchev–Trinajstić information content (AvgIpc) is 2.91. The first kappa shape index (κ1) is 16.4. The first-order valence-electron chi connectivity index (χ1n) is 5.88. The molecule has 0 amide bonds. The average molecular weight is 352 g/mol. The third-order valence-electron chi connectivity index (χ3n) is 2.96. The highest BCUT2D eigenvalue weighted by molar-refractivity contribution is 7.89. The molecule has 21 heavy (non-hydrogen) atoms. The van der Waals surface area contributed by atoms with Crippen molar-refractivity contribution < 1.29 is 17.2 Å². The normalized spacial score (nSPS) is 12.0. The summed E-state index contributed by atoms with van der Waals surface area (Å²) < 4.78 is 53.3. The molecule has 1 aromatic heterocycles. The molecule has 0 saturated heterocycles. The minimum absolute atomic E-state index is 0.110. The lowest BCUT2D eigenvalue weighted by Crippen LogP contribution is -2.27. The van der Waals surface area contributed by atoms with Crippen molar-refractivity contribution in [2.75, 3.05) is 7.05 Å². The standard InChI is InChI=1S/C13H12ClF2NO2S2/c1-17(7-9-4-5-20-8-9)21(18,19)12-3-2-11(15)10(6-14)13(12)16/h2-5,8H,6-7H2,1H3. The van der Waals surface area contributed by atoms with E-state index in [4.69, 9.17) is 11.6 Å². The maximum Gasteiger partial charge on any atom is 0.246 e. The van der Waals surface area contributed by atoms with Crippen molar-refractivity contribution in [3.05, 3.63) is 51.7 Å². The largest absolute Gasteiger partial charge is 0.246 e. The summed E-state index contributed by atoms with van der Waals surface area (Å²) in [5.74, 6) is -2.43. The van der Waals surface area contributed by atoms with E-state index in [1.807, 2.05) is 5.38 Å². The van der Waals surface area contributed by atoms with Gasteiger partial charge in [0.05, 0.1) is 5.88 Å². The zero-order chi connectivity index (χ0) is 15.6. The Balaban J connectivity index is 2.40. The van der Waals surface area contributed by atoms with Crippen molar-refractivity contribution in [2.24, 2.45) is 0 Å². The molecule has 0 atom stereocenters. The molecule has 0 bridgehead atoms. The van der Waals surface area contributed by atoms with Crippen LogP contribution in [0.1, 0.15) is 11.1 Å². The van der Waals surface area contributed by atoms with Crippen molar-refractivity contribution in [2.45, 2.75) is 17.3 Å². The molecule has 0 saturated carbocycles. The van der Waals surface area contributed by atoms with Crippen LogP contribution < -0.4 is 0 Å². The highest BCUT2D eigenvalue weighted by Crippen LogP contribution is 2.25. The number of benzene rings is 1. The summed E-state index contributed by atoms with van der Waals surface area (Å²) >= 11 is 6.90. The van der Waals surface area contributed by atoms with Crippen molar-refractivity contribution in [1.29, 1.82) is 0 Å². The van der Waals surface area contributed by atoms with Gasteiger partial charge in [-0.15, -0.1) is 11.6 Å². The monoisotopic (exact) mass is 351 g/mol. The number of alkyl halides is 1. The highest BCUT2D eigenvalue weighted by atomic mass is 35.5. The summed E-state index contributed by atoms with van der Waals surface area (Å²) in [6.45, 7) is 0.110. The number of halogens is 3. The quantitative estimate of drug-likeness (QED) is 0.772. The van der Waals surface area contributed by atoms with Crippen molar-refractivity contribution in [3.8, 4) is 0 Å². The second-order valence-electron chi connectivity index (χ2n) is 4.36. The topological polar surface area (TPSA) is 37.4 Å². The van der Waals surface area contributed by atoms with Gasteiger partial charge in [-0.3, -0.25) is 0 Å². The molecule has 1 heterocycles. The van der Waals surface area contributed by atoms with Gasteiger partial charge in [-0.1, -0.05) is 0 Å². The summed E-state index contributed by atoms with van der Waals surface area (Å²) in [5, 5.41) is 3.62. The number of nitrogens with zero attached hydrogens (tertiary/aromatic N) is 1. The van der Waals surface area contributed by atoms with Gasteiger partial charge in [0.25, 0.3) is 0 Å². The van der Waals surface area contributed by atoms with Crippen LogP contribution in [0.15, 0.2) is 33.9 Å². The molecule has 114 valence electrons. The summed E-state index contributed by atoms with van der Waals surface area (Å²) in [7, 11) is -2.71. The molecule has 0 radical (unpaired) electrons. The molecule has 8 heteroatoms. The molecule has 2 aromatic rings. The minimum Gasteiger partial charge on any atom is -0.207 e. The van der Waals surface area contributed by atoms with E-state index in [0.717, 1.165) is 22.0 Å². The summed E-state index contributed by atoms with van der Waals surface area (Å²) in [6.07, 6.45) is 0. The molecule has 0 fully saturated rings. The number of rotatable bonds is 5. The maximum atomic E-state index is 14.1. The van der Waals surface area contributed by atoms with Gasteiger partial charge in [0.15, 0.2) is 5.82 Å². The van der Waals surface area contributed by atoms with E-state index in [1.165, 1.54) is 18.4 Å². The van der Waals surface area contributed by atoms with Gasteiger partial charge in [-0.05, 0) is 34.5 Å². The fraction of sp³-hybridized carbons (Fsp3) is 0.231. The Labute approximate surface area is 130 Å². The molecule has 1 aromatic carbocycles. The predicted octanol–water partition coefficient (Wildman–Crippen LogP) is 3.59. The van der Waals surface area contributed by atoms with Crippen molar-refractivity contribution in [3.63, 3.8) is 0 Å². The minimum atomic E-state index is -4.06. The molecule has 0 aliphatic rings. The molecular weight excluding hydrogens is 340 g/mol. The third-order valence-corrected chi connectivity index (χ3v) is 5.78. The predicted molar refractivity (Wildman–Crippen MR) is 78.9 cm³/mol. The summed E-state index contributed by atoms with van der Waals surface area (Å²) in [5.41, 5.74) is 0.354. The van der Waals surface area contributed by atoms with Crippen LogP contribution in [0.3, 0.4) is 0 Å². The highest BCUT2D eigenvalue weighted by Gasteiger charge is 2.27. The Bertz CT molecular complexity index is 733. The van der Waals surface area contributed by atoms with E-state index in [-0.39, 0.29) is 6.54 Å². The lowest BCUT2D eigenvalue weighted by Gasteiger charge is -2.18. The zero-order valence-electron chi connectivity index (χ0n) is 11.0. The van der Waals surface area contributed by atoms with Crippen LogP contribution in [0.25, 0.3) is 0 Å². The Morgan fingerprint density at radius 3 is 2.57 bits per heavy atom. The third kappa shape index (κ3) is 3.26. The second kappa shape index (κ2) is 6.39. The van der Waals surface area contributed by atoms with Crippen LogP contribution in [0.2, 0.25) is 0 Å². The van der Waals surface area contributed by atoms with E-state index in [1.54, 1.807) is 11.4 Å². The van der Waals surface area contributed by atoms with Crippen LogP contribution in [-0.2, 0) is 22.4 Å². The Morgan fingerprint density at radius 1 is 1.29 bits per heavy atom. The fourth-order valence-corrected chi connectivity index (χ4v) is 3.94. The van der Waals surface area contributed by atoms with E-state index in [0.29, 0.717) is 0 Å². The molecule has 3 nitrogen and oxygen atoms in total. The van der Waals surface area contributed by atoms with Gasteiger partial charge in [0, 0.05) is 19.2 Å². The molecule has 0 N–H and O–H groups in total. The number of thiophene rings is 1. The molecule has 0 spiro atoms. The van der Waals surface area contributed by atoms with E-state index >= 15 is 0 Å². The smallest absolute Gasteiger partial charge is 0.207 e. The second-order valence-corrected chi connectivity index (χ2v) is 7.42. The SMILES string of the molecule is CN(Cc1ccsc1)S(=O)(=O)c1ccc(F)c(CCl)c1F. The zero-order valence-corrected chi connectivity index (χ0v) is 13.4. The van der Waals surface area contributed by atoms with Crippen LogP contribution in [0.5, 0.6) is 0 Å². The number of sulfonamides is 1. The van der Waals surface area contributed by atoms with Crippen molar-refractivity contribution >= 4 is 33.0 Å². The van der Waals surface area contributed by atoms with Crippen LogP contribution in [0.4, 0.5) is 8.78 Å². The van der Waals surface area contributed by atoms with Crippen LogP contribution in [-0.4, -0.2) is 19.8 Å². The van der Waals surface area contributed by atoms with Gasteiger partial charge in [-0.2, -0.15) is 15.6 Å². The molecule has 0 aliphatic heterocycles. The Kier molecular flexibility index (Phi) is 4.98. The number of hydrogen-bond donors (Lipinski definition) is 0. The Hall–Kier alpha value is -1.02. The molecule has 0 aliphatic carbocycles. The Morgan fingerprint density at radius 2 is 2.00 bits per heavy atom. The van der Waals surface area contributed by atoms with Gasteiger partial charge in [0.2, 0.25) is 10.0 Å². The van der Waals surface area contributed by atoms with Gasteiger partial charge < -0.3 is 0 Å². The first-order chi connectivity index (χ1) is 9.87. The molecule has 2 rings (SSSR count). The summed E-state index contributed by atoms with van der Waals surface area (Å²) in [6, 6.07) is 3.61. The molecule has 0 unspecified atom stereocenters. The molecular formula is C13H12ClF2NO2S2. The summed E-state index contributed by atoms with van der Waals surface area (Å²) in [4.78, 5) is -0.572. The van der Waals surface area contributed by atoms with Crippen LogP contribution in [0, 0.1) is 11.6 Å². The van der Waals surface area contributed by atoms with Crippen molar-refractivity contribution in [1.82, 2.24) is 4.31 Å². The lowest BCUT2D eigenvalue weighted by molar-refractivity contribution is 0.457. The van der Waals surface area contributed by atoms with Gasteiger partial charge in [-0.25, -0.2) is 17.2 Å². The van der Waals surface area contributed by atoms with E-state index in [9.17, 15) is 17.2 Å². The van der Waals surface area contributed by atoms with E-state index < -0.39 is 38.0 Å².